The molecule has 0 spiro atoms. The fourth-order valence-electron chi connectivity index (χ4n) is 4.71. The Morgan fingerprint density at radius 3 is 3.00 bits per heavy atom. The molecule has 0 amide bonds. The van der Waals surface area contributed by atoms with Crippen LogP contribution in [0.15, 0.2) is 52.2 Å². The lowest BCUT2D eigenvalue weighted by Gasteiger charge is -2.38. The van der Waals surface area contributed by atoms with E-state index in [2.05, 4.69) is 27.4 Å². The normalized spacial score (nSPS) is 20.5. The number of nitrogens with zero attached hydrogens (tertiary/aromatic N) is 2. The highest BCUT2D eigenvalue weighted by Gasteiger charge is 2.29. The van der Waals surface area contributed by atoms with Gasteiger partial charge in [-0.1, -0.05) is 6.07 Å². The third-order valence-electron chi connectivity index (χ3n) is 6.59. The van der Waals surface area contributed by atoms with Crippen molar-refractivity contribution in [2.75, 3.05) is 39.1 Å². The molecule has 3 N–H and O–H groups in total. The van der Waals surface area contributed by atoms with Crippen LogP contribution in [-0.2, 0) is 0 Å². The summed E-state index contributed by atoms with van der Waals surface area (Å²) in [5.74, 6) is 2.78. The maximum atomic E-state index is 10.1. The van der Waals surface area contributed by atoms with E-state index < -0.39 is 0 Å². The summed E-state index contributed by atoms with van der Waals surface area (Å²) < 4.78 is 6.78. The third-order valence-corrected chi connectivity index (χ3v) is 8.70. The van der Waals surface area contributed by atoms with Gasteiger partial charge in [-0.25, -0.2) is 0 Å². The van der Waals surface area contributed by atoms with Gasteiger partial charge in [0, 0.05) is 43.1 Å². The second-order valence-corrected chi connectivity index (χ2v) is 10.9. The minimum Gasteiger partial charge on any atom is -0.497 e. The van der Waals surface area contributed by atoms with E-state index in [4.69, 9.17) is 10.5 Å². The van der Waals surface area contributed by atoms with Crippen molar-refractivity contribution in [3.8, 4) is 5.75 Å². The minimum absolute atomic E-state index is 0.0489. The van der Waals surface area contributed by atoms with Gasteiger partial charge in [0.1, 0.15) is 5.75 Å². The van der Waals surface area contributed by atoms with Crippen molar-refractivity contribution >= 4 is 34.0 Å². The maximum absolute atomic E-state index is 10.1. The lowest BCUT2D eigenvalue weighted by atomic mass is 9.81. The second kappa shape index (κ2) is 11.5. The summed E-state index contributed by atoms with van der Waals surface area (Å²) in [4.78, 5) is 6.99. The Bertz CT molecular complexity index is 982. The molecule has 0 aliphatic carbocycles. The Labute approximate surface area is 199 Å². The molecule has 0 unspecified atom stereocenters. The Kier molecular flexibility index (Phi) is 8.43. The zero-order chi connectivity index (χ0) is 22.3. The van der Waals surface area contributed by atoms with E-state index in [1.165, 1.54) is 4.21 Å². The summed E-state index contributed by atoms with van der Waals surface area (Å²) in [5.41, 5.74) is 8.72. The number of piperidine rings is 1. The van der Waals surface area contributed by atoms with Crippen molar-refractivity contribution in [1.29, 1.82) is 0 Å². The summed E-state index contributed by atoms with van der Waals surface area (Å²) in [7, 11) is 1.68. The predicted octanol–water partition coefficient (Wildman–Crippen LogP) is 4.81. The molecule has 3 heterocycles. The number of aromatic nitrogens is 1. The van der Waals surface area contributed by atoms with Gasteiger partial charge in [-0.05, 0) is 78.9 Å². The molecule has 1 aromatic carbocycles. The number of rotatable bonds is 10. The molecule has 0 bridgehead atoms. The largest absolute Gasteiger partial charge is 0.497 e. The molecule has 172 valence electrons. The average Bonchev–Trinajstić information content (AvgIpc) is 3.35. The lowest BCUT2D eigenvalue weighted by Crippen LogP contribution is -2.43. The number of ether oxygens (including phenoxy) is 1. The molecule has 1 saturated heterocycles. The first-order chi connectivity index (χ1) is 15.7. The van der Waals surface area contributed by atoms with Gasteiger partial charge in [0.05, 0.1) is 16.8 Å². The number of benzene rings is 1. The van der Waals surface area contributed by atoms with Crippen molar-refractivity contribution < 1.29 is 9.84 Å². The van der Waals surface area contributed by atoms with Gasteiger partial charge >= 0.3 is 0 Å². The molecule has 2 aromatic heterocycles. The van der Waals surface area contributed by atoms with Crippen LogP contribution in [0.5, 0.6) is 5.75 Å². The van der Waals surface area contributed by atoms with Crippen LogP contribution in [-0.4, -0.2) is 54.1 Å². The van der Waals surface area contributed by atoms with Gasteiger partial charge in [-0.2, -0.15) is 0 Å². The Hall–Kier alpha value is -1.64. The number of likely N-dealkylation sites (tertiary alicyclic amines) is 1. The van der Waals surface area contributed by atoms with E-state index in [1.807, 2.05) is 42.2 Å². The number of aliphatic hydroxyl groups is 1. The van der Waals surface area contributed by atoms with E-state index in [0.29, 0.717) is 11.8 Å². The van der Waals surface area contributed by atoms with Crippen molar-refractivity contribution in [3.63, 3.8) is 0 Å². The van der Waals surface area contributed by atoms with Crippen LogP contribution in [0.3, 0.4) is 0 Å². The van der Waals surface area contributed by atoms with E-state index in [1.54, 1.807) is 18.4 Å². The summed E-state index contributed by atoms with van der Waals surface area (Å²) in [6.45, 7) is 3.42. The highest BCUT2D eigenvalue weighted by Crippen LogP contribution is 2.33. The SMILES string of the molecule is COc1ccc2nccc([C@H](N)CC[C@@H]3CCN(CCSc4cccs4)C[C@@H]3CO)c2c1. The fourth-order valence-corrected chi connectivity index (χ4v) is 6.58. The van der Waals surface area contributed by atoms with Gasteiger partial charge in [0.15, 0.2) is 0 Å². The Morgan fingerprint density at radius 1 is 1.31 bits per heavy atom. The number of hydrogen-bond acceptors (Lipinski definition) is 7. The molecule has 1 aliphatic heterocycles. The summed E-state index contributed by atoms with van der Waals surface area (Å²) in [5, 5.41) is 13.2. The van der Waals surface area contributed by atoms with Gasteiger partial charge in [-0.3, -0.25) is 4.98 Å². The van der Waals surface area contributed by atoms with Crippen LogP contribution in [0.1, 0.15) is 30.9 Å². The van der Waals surface area contributed by atoms with Crippen LogP contribution in [0, 0.1) is 11.8 Å². The number of thioether (sulfide) groups is 1. The minimum atomic E-state index is -0.0489. The molecule has 4 rings (SSSR count). The molecule has 7 heteroatoms. The van der Waals surface area contributed by atoms with E-state index in [-0.39, 0.29) is 12.6 Å². The standard InChI is InChI=1S/C25H33N3O2S2/c1-30-20-5-7-24-22(15-20)21(8-10-27-24)23(26)6-4-18-9-11-28(16-19(18)17-29)12-14-32-25-3-2-13-31-25/h2-3,5,7-8,10,13,15,18-19,23,29H,4,6,9,11-12,14,16-17,26H2,1H3/t18-,19-,23-/m1/s1. The molecule has 3 aromatic rings. The zero-order valence-electron chi connectivity index (χ0n) is 18.7. The number of fused-ring (bicyclic) bond motifs is 1. The first kappa shape index (κ1) is 23.5. The number of pyridine rings is 1. The van der Waals surface area contributed by atoms with Crippen LogP contribution in [0.4, 0.5) is 0 Å². The van der Waals surface area contributed by atoms with E-state index in [9.17, 15) is 5.11 Å². The number of nitrogens with two attached hydrogens (primary N) is 1. The quantitative estimate of drug-likeness (QED) is 0.414. The highest BCUT2D eigenvalue weighted by molar-refractivity contribution is 8.01. The van der Waals surface area contributed by atoms with E-state index >= 15 is 0 Å². The average molecular weight is 472 g/mol. The maximum Gasteiger partial charge on any atom is 0.119 e. The smallest absolute Gasteiger partial charge is 0.119 e. The number of methoxy groups -OCH3 is 1. The molecule has 1 aliphatic rings. The van der Waals surface area contributed by atoms with Crippen molar-refractivity contribution in [2.45, 2.75) is 29.5 Å². The first-order valence-electron chi connectivity index (χ1n) is 11.4. The van der Waals surface area contributed by atoms with Gasteiger partial charge in [-0.15, -0.1) is 23.1 Å². The van der Waals surface area contributed by atoms with Crippen molar-refractivity contribution in [2.24, 2.45) is 17.6 Å². The first-order valence-corrected chi connectivity index (χ1v) is 13.2. The highest BCUT2D eigenvalue weighted by atomic mass is 32.2. The summed E-state index contributed by atoms with van der Waals surface area (Å²) in [6.07, 6.45) is 4.92. The van der Waals surface area contributed by atoms with Crippen molar-refractivity contribution in [1.82, 2.24) is 9.88 Å². The fraction of sp³-hybridized carbons (Fsp3) is 0.480. The van der Waals surface area contributed by atoms with E-state index in [0.717, 1.165) is 66.9 Å². The molecule has 32 heavy (non-hydrogen) atoms. The second-order valence-electron chi connectivity index (χ2n) is 8.54. The number of hydrogen-bond donors (Lipinski definition) is 2. The molecule has 3 atom stereocenters. The van der Waals surface area contributed by atoms with Crippen LogP contribution in [0.25, 0.3) is 10.9 Å². The monoisotopic (exact) mass is 471 g/mol. The van der Waals surface area contributed by atoms with Crippen LogP contribution >= 0.6 is 23.1 Å². The third kappa shape index (κ3) is 5.83. The lowest BCUT2D eigenvalue weighted by molar-refractivity contribution is 0.0701. The Balaban J connectivity index is 1.31. The molecular weight excluding hydrogens is 438 g/mol. The summed E-state index contributed by atoms with van der Waals surface area (Å²) in [6, 6.07) is 12.2. The van der Waals surface area contributed by atoms with Crippen molar-refractivity contribution in [3.05, 3.63) is 53.5 Å². The topological polar surface area (TPSA) is 71.6 Å². The van der Waals surface area contributed by atoms with Crippen LogP contribution in [0.2, 0.25) is 0 Å². The molecule has 0 saturated carbocycles. The van der Waals surface area contributed by atoms with Gasteiger partial charge < -0.3 is 20.5 Å². The molecule has 5 nitrogen and oxygen atoms in total. The number of thiophene rings is 1. The predicted molar refractivity (Wildman–Crippen MR) is 135 cm³/mol. The molecular formula is C25H33N3O2S2. The van der Waals surface area contributed by atoms with Crippen LogP contribution < -0.4 is 10.5 Å². The zero-order valence-corrected chi connectivity index (χ0v) is 20.3. The molecule has 1 fully saturated rings. The van der Waals surface area contributed by atoms with Gasteiger partial charge in [0.25, 0.3) is 0 Å². The van der Waals surface area contributed by atoms with Gasteiger partial charge in [0.2, 0.25) is 0 Å². The summed E-state index contributed by atoms with van der Waals surface area (Å²) >= 11 is 3.74. The molecule has 0 radical (unpaired) electrons. The number of aliphatic hydroxyl groups excluding tert-OH is 1. The Morgan fingerprint density at radius 2 is 2.22 bits per heavy atom.